The first kappa shape index (κ1) is 14.0. The molecular formula is C15H18F2O2. The Morgan fingerprint density at radius 2 is 2.05 bits per heavy atom. The zero-order chi connectivity index (χ0) is 14.2. The van der Waals surface area contributed by atoms with Gasteiger partial charge in [-0.3, -0.25) is 4.79 Å². The molecule has 1 atom stereocenters. The first-order valence-corrected chi connectivity index (χ1v) is 6.39. The van der Waals surface area contributed by atoms with Crippen LogP contribution in [0.15, 0.2) is 18.2 Å². The lowest BCUT2D eigenvalue weighted by Crippen LogP contribution is -2.31. The van der Waals surface area contributed by atoms with Crippen LogP contribution < -0.4 is 4.74 Å². The first-order chi connectivity index (χ1) is 8.80. The maximum absolute atomic E-state index is 12.4. The van der Waals surface area contributed by atoms with Gasteiger partial charge in [-0.05, 0) is 11.5 Å². The summed E-state index contributed by atoms with van der Waals surface area (Å²) in [5.41, 5.74) is 1.22. The van der Waals surface area contributed by atoms with Crippen LogP contribution in [0.1, 0.15) is 43.1 Å². The zero-order valence-corrected chi connectivity index (χ0v) is 11.4. The van der Waals surface area contributed by atoms with Gasteiger partial charge in [-0.15, -0.1) is 0 Å². The maximum Gasteiger partial charge on any atom is 0.239 e. The maximum atomic E-state index is 12.4. The van der Waals surface area contributed by atoms with Crippen LogP contribution in [0, 0.1) is 5.92 Å². The van der Waals surface area contributed by atoms with Crippen LogP contribution in [-0.4, -0.2) is 18.8 Å². The summed E-state index contributed by atoms with van der Waals surface area (Å²) in [5.74, 6) is -0.402. The van der Waals surface area contributed by atoms with E-state index in [0.29, 0.717) is 11.3 Å². The third-order valence-corrected chi connectivity index (χ3v) is 3.35. The van der Waals surface area contributed by atoms with Crippen molar-refractivity contribution in [1.82, 2.24) is 0 Å². The predicted octanol–water partition coefficient (Wildman–Crippen LogP) is 3.83. The molecule has 0 N–H and O–H groups in total. The zero-order valence-electron chi connectivity index (χ0n) is 11.4. The van der Waals surface area contributed by atoms with Gasteiger partial charge in [-0.1, -0.05) is 32.9 Å². The third-order valence-electron chi connectivity index (χ3n) is 3.35. The van der Waals surface area contributed by atoms with Gasteiger partial charge in [0.1, 0.15) is 5.75 Å². The summed E-state index contributed by atoms with van der Waals surface area (Å²) >= 11 is 0. The summed E-state index contributed by atoms with van der Waals surface area (Å²) in [4.78, 5) is 12.2. The van der Waals surface area contributed by atoms with Crippen molar-refractivity contribution in [3.05, 3.63) is 29.3 Å². The van der Waals surface area contributed by atoms with Crippen molar-refractivity contribution in [3.63, 3.8) is 0 Å². The second-order valence-electron chi connectivity index (χ2n) is 5.93. The van der Waals surface area contributed by atoms with Crippen LogP contribution in [-0.2, 0) is 5.41 Å². The second kappa shape index (κ2) is 4.91. The SMILES string of the molecule is CC(C)(C)c1cccc2c1OCC(CC(F)F)C2=O. The predicted molar refractivity (Wildman–Crippen MR) is 69.1 cm³/mol. The Labute approximate surface area is 111 Å². The summed E-state index contributed by atoms with van der Waals surface area (Å²) in [6.45, 7) is 6.13. The highest BCUT2D eigenvalue weighted by Crippen LogP contribution is 2.38. The van der Waals surface area contributed by atoms with Crippen molar-refractivity contribution in [2.75, 3.05) is 6.61 Å². The Bertz CT molecular complexity index is 489. The van der Waals surface area contributed by atoms with E-state index in [1.165, 1.54) is 0 Å². The van der Waals surface area contributed by atoms with E-state index < -0.39 is 18.8 Å². The Balaban J connectivity index is 2.38. The number of hydrogen-bond donors (Lipinski definition) is 0. The lowest BCUT2D eigenvalue weighted by molar-refractivity contribution is 0.0636. The minimum Gasteiger partial charge on any atom is -0.492 e. The number of ketones is 1. The molecule has 1 aromatic carbocycles. The number of hydrogen-bond acceptors (Lipinski definition) is 2. The Kier molecular flexibility index (Phi) is 3.61. The molecule has 19 heavy (non-hydrogen) atoms. The summed E-state index contributed by atoms with van der Waals surface area (Å²) in [5, 5.41) is 0. The molecule has 1 heterocycles. The minimum absolute atomic E-state index is 0.0449. The number of benzene rings is 1. The van der Waals surface area contributed by atoms with Crippen LogP contribution in [0.4, 0.5) is 8.78 Å². The number of alkyl halides is 2. The van der Waals surface area contributed by atoms with Gasteiger partial charge in [0, 0.05) is 12.0 Å². The number of ether oxygens (including phenoxy) is 1. The average molecular weight is 268 g/mol. The molecule has 1 aliphatic heterocycles. The van der Waals surface area contributed by atoms with Gasteiger partial charge in [0.25, 0.3) is 0 Å². The molecule has 1 unspecified atom stereocenters. The van der Waals surface area contributed by atoms with Crippen molar-refractivity contribution in [2.45, 2.75) is 39.0 Å². The molecule has 2 rings (SSSR count). The van der Waals surface area contributed by atoms with Gasteiger partial charge in [0.2, 0.25) is 6.43 Å². The largest absolute Gasteiger partial charge is 0.492 e. The molecular weight excluding hydrogens is 250 g/mol. The molecule has 0 radical (unpaired) electrons. The highest BCUT2D eigenvalue weighted by Gasteiger charge is 2.34. The number of Topliss-reactive ketones (excluding diaryl/α,β-unsaturated/α-hetero) is 1. The number of carbonyl (C=O) groups is 1. The fourth-order valence-corrected chi connectivity index (χ4v) is 2.35. The molecule has 4 heteroatoms. The third kappa shape index (κ3) is 2.77. The molecule has 0 amide bonds. The molecule has 1 aliphatic rings. The number of carbonyl (C=O) groups excluding carboxylic acids is 1. The van der Waals surface area contributed by atoms with E-state index in [4.69, 9.17) is 4.74 Å². The highest BCUT2D eigenvalue weighted by atomic mass is 19.3. The minimum atomic E-state index is -2.48. The normalized spacial score (nSPS) is 19.3. The summed E-state index contributed by atoms with van der Waals surface area (Å²) in [6.07, 6.45) is -2.91. The molecule has 0 bridgehead atoms. The summed E-state index contributed by atoms with van der Waals surface area (Å²) in [7, 11) is 0. The molecule has 2 nitrogen and oxygen atoms in total. The Morgan fingerprint density at radius 1 is 1.37 bits per heavy atom. The van der Waals surface area contributed by atoms with Gasteiger partial charge in [-0.25, -0.2) is 8.78 Å². The molecule has 0 saturated heterocycles. The topological polar surface area (TPSA) is 26.3 Å². The van der Waals surface area contributed by atoms with Crippen LogP contribution in [0.3, 0.4) is 0 Å². The number of halogens is 2. The quantitative estimate of drug-likeness (QED) is 0.814. The first-order valence-electron chi connectivity index (χ1n) is 6.39. The van der Waals surface area contributed by atoms with Crippen LogP contribution >= 0.6 is 0 Å². The smallest absolute Gasteiger partial charge is 0.239 e. The molecule has 0 saturated carbocycles. The van der Waals surface area contributed by atoms with Crippen molar-refractivity contribution < 1.29 is 18.3 Å². The van der Waals surface area contributed by atoms with Crippen LogP contribution in [0.5, 0.6) is 5.75 Å². The van der Waals surface area contributed by atoms with E-state index >= 15 is 0 Å². The van der Waals surface area contributed by atoms with Crippen molar-refractivity contribution in [2.24, 2.45) is 5.92 Å². The number of rotatable bonds is 2. The molecule has 0 fully saturated rings. The van der Waals surface area contributed by atoms with Crippen molar-refractivity contribution >= 4 is 5.78 Å². The van der Waals surface area contributed by atoms with E-state index in [2.05, 4.69) is 0 Å². The molecule has 1 aromatic rings. The molecule has 0 aromatic heterocycles. The lowest BCUT2D eigenvalue weighted by Gasteiger charge is -2.29. The van der Waals surface area contributed by atoms with Crippen LogP contribution in [0.2, 0.25) is 0 Å². The van der Waals surface area contributed by atoms with Crippen LogP contribution in [0.25, 0.3) is 0 Å². The Morgan fingerprint density at radius 3 is 2.63 bits per heavy atom. The highest BCUT2D eigenvalue weighted by molar-refractivity contribution is 6.01. The van der Waals surface area contributed by atoms with E-state index in [9.17, 15) is 13.6 Å². The van der Waals surface area contributed by atoms with Crippen molar-refractivity contribution in [1.29, 1.82) is 0 Å². The second-order valence-corrected chi connectivity index (χ2v) is 5.93. The van der Waals surface area contributed by atoms with E-state index in [0.717, 1.165) is 5.56 Å². The van der Waals surface area contributed by atoms with Gasteiger partial charge >= 0.3 is 0 Å². The van der Waals surface area contributed by atoms with Crippen molar-refractivity contribution in [3.8, 4) is 5.75 Å². The molecule has 0 aliphatic carbocycles. The van der Waals surface area contributed by atoms with Gasteiger partial charge in [-0.2, -0.15) is 0 Å². The standard InChI is InChI=1S/C15H18F2O2/c1-15(2,3)11-6-4-5-10-13(18)9(7-12(16)17)8-19-14(10)11/h4-6,9,12H,7-8H2,1-3H3. The number of para-hydroxylation sites is 1. The Hall–Kier alpha value is -1.45. The molecule has 0 spiro atoms. The summed E-state index contributed by atoms with van der Waals surface area (Å²) in [6, 6.07) is 5.36. The average Bonchev–Trinajstić information content (AvgIpc) is 2.30. The van der Waals surface area contributed by atoms with Gasteiger partial charge in [0.05, 0.1) is 18.1 Å². The van der Waals surface area contributed by atoms with E-state index in [1.807, 2.05) is 26.8 Å². The van der Waals surface area contributed by atoms with E-state index in [1.54, 1.807) is 12.1 Å². The fraction of sp³-hybridized carbons (Fsp3) is 0.533. The fourth-order valence-electron chi connectivity index (χ4n) is 2.35. The molecule has 104 valence electrons. The monoisotopic (exact) mass is 268 g/mol. The number of fused-ring (bicyclic) bond motifs is 1. The van der Waals surface area contributed by atoms with E-state index in [-0.39, 0.29) is 17.8 Å². The van der Waals surface area contributed by atoms with Gasteiger partial charge < -0.3 is 4.74 Å². The lowest BCUT2D eigenvalue weighted by atomic mass is 9.82. The van der Waals surface area contributed by atoms with Gasteiger partial charge in [0.15, 0.2) is 5.78 Å². The summed E-state index contributed by atoms with van der Waals surface area (Å²) < 4.78 is 30.5.